The lowest BCUT2D eigenvalue weighted by molar-refractivity contribution is -0.141. The van der Waals surface area contributed by atoms with Crippen LogP contribution in [0.2, 0.25) is 0 Å². The van der Waals surface area contributed by atoms with Gasteiger partial charge in [-0.1, -0.05) is 63.0 Å². The first-order chi connectivity index (χ1) is 30.0. The Morgan fingerprint density at radius 3 is 1.61 bits per heavy atom. The molecule has 0 saturated carbocycles. The van der Waals surface area contributed by atoms with Crippen LogP contribution in [0.25, 0.3) is 21.5 Å². The smallest absolute Gasteiger partial charge is 0.338 e. The van der Waals surface area contributed by atoms with Crippen LogP contribution in [0.3, 0.4) is 0 Å². The van der Waals surface area contributed by atoms with Gasteiger partial charge in [-0.3, -0.25) is 19.3 Å². The maximum absolute atomic E-state index is 13.8. The van der Waals surface area contributed by atoms with Gasteiger partial charge in [0.1, 0.15) is 16.7 Å². The highest BCUT2D eigenvalue weighted by molar-refractivity contribution is 8.15. The zero-order chi connectivity index (χ0) is 44.4. The van der Waals surface area contributed by atoms with E-state index in [9.17, 15) is 28.8 Å². The number of likely N-dealkylation sites (tertiary alicyclic amines) is 1. The molecule has 1 aliphatic rings. The maximum Gasteiger partial charge on any atom is 0.338 e. The molecule has 1 fully saturated rings. The predicted molar refractivity (Wildman–Crippen MR) is 239 cm³/mol. The molecule has 4 aromatic carbocycles. The van der Waals surface area contributed by atoms with E-state index in [0.29, 0.717) is 61.7 Å². The number of hydrogen-bond acceptors (Lipinski definition) is 12. The first-order valence-electron chi connectivity index (χ1n) is 21.2. The Bertz CT molecular complexity index is 2100. The number of nitrogens with zero attached hydrogens (tertiary/aromatic N) is 1. The number of amides is 2. The zero-order valence-corrected chi connectivity index (χ0v) is 36.3. The fraction of sp³-hybridized carbons (Fsp3) is 0.388. The molecule has 0 aromatic heterocycles. The number of benzene rings is 4. The second-order valence-electron chi connectivity index (χ2n) is 15.4. The van der Waals surface area contributed by atoms with Gasteiger partial charge in [-0.05, 0) is 134 Å². The molecule has 1 unspecified atom stereocenters. The van der Waals surface area contributed by atoms with Gasteiger partial charge in [-0.15, -0.1) is 0 Å². The molecule has 4 aromatic rings. The summed E-state index contributed by atoms with van der Waals surface area (Å²) in [5, 5.41) is 1.55. The van der Waals surface area contributed by atoms with E-state index in [2.05, 4.69) is 13.2 Å². The number of carbonyl (C=O) groups is 6. The first-order valence-corrected chi connectivity index (χ1v) is 22.0. The fourth-order valence-corrected chi connectivity index (χ4v) is 7.73. The molecule has 13 heteroatoms. The van der Waals surface area contributed by atoms with Crippen LogP contribution < -0.4 is 9.47 Å². The van der Waals surface area contributed by atoms with Crippen LogP contribution >= 0.6 is 11.8 Å². The van der Waals surface area contributed by atoms with E-state index in [-0.39, 0.29) is 18.0 Å². The third kappa shape index (κ3) is 13.8. The number of esters is 3. The molecule has 1 saturated heterocycles. The number of ether oxygens (including phenoxy) is 5. The largest absolute Gasteiger partial charge is 0.494 e. The lowest BCUT2D eigenvalue weighted by Crippen LogP contribution is -2.35. The fourth-order valence-electron chi connectivity index (χ4n) is 6.71. The minimum atomic E-state index is -1.49. The van der Waals surface area contributed by atoms with E-state index >= 15 is 0 Å². The van der Waals surface area contributed by atoms with Gasteiger partial charge in [-0.25, -0.2) is 14.4 Å². The summed E-state index contributed by atoms with van der Waals surface area (Å²) in [5.41, 5.74) is 0.532. The van der Waals surface area contributed by atoms with E-state index in [0.717, 1.165) is 90.0 Å². The Labute approximate surface area is 366 Å². The Morgan fingerprint density at radius 1 is 0.629 bits per heavy atom. The maximum atomic E-state index is 13.8. The third-order valence-corrected chi connectivity index (χ3v) is 11.4. The minimum absolute atomic E-state index is 0.149. The highest BCUT2D eigenvalue weighted by Crippen LogP contribution is 2.33. The van der Waals surface area contributed by atoms with Crippen LogP contribution in [0.1, 0.15) is 92.4 Å². The standard InChI is InChI=1S/C49H55NO11S/c1-5-42(51)59-27-13-9-7-11-25-57-40-21-19-34-29-38(17-15-36(34)31-40)48(55)61-44-45(47(54)50(46(44)53)24-23-33(3)4)62-49(56)39-18-16-37-32-41(22-20-35(37)30-39)58-26-12-8-10-14-28-60-43(52)6-2/h5-6,15-22,29-33,44-45H,1-2,7-14,23-28H2,3-4H3/t44-,45?/m1/s1. The van der Waals surface area contributed by atoms with E-state index in [4.69, 9.17) is 23.7 Å². The molecule has 5 rings (SSSR count). The number of fused-ring (bicyclic) bond motifs is 2. The van der Waals surface area contributed by atoms with Gasteiger partial charge in [0.05, 0.1) is 32.0 Å². The first kappa shape index (κ1) is 47.1. The van der Waals surface area contributed by atoms with Gasteiger partial charge in [0.2, 0.25) is 17.1 Å². The molecule has 0 aliphatic carbocycles. The molecule has 12 nitrogen and oxygen atoms in total. The molecule has 0 bridgehead atoms. The highest BCUT2D eigenvalue weighted by Gasteiger charge is 2.51. The minimum Gasteiger partial charge on any atom is -0.494 e. The van der Waals surface area contributed by atoms with E-state index in [1.165, 1.54) is 0 Å². The van der Waals surface area contributed by atoms with Crippen molar-refractivity contribution in [1.82, 2.24) is 4.90 Å². The van der Waals surface area contributed by atoms with Crippen LogP contribution in [0.5, 0.6) is 11.5 Å². The average Bonchev–Trinajstić information content (AvgIpc) is 3.49. The lowest BCUT2D eigenvalue weighted by atomic mass is 10.1. The van der Waals surface area contributed by atoms with Gasteiger partial charge in [0, 0.05) is 24.3 Å². The molecule has 2 atom stereocenters. The Morgan fingerprint density at radius 2 is 1.10 bits per heavy atom. The molecule has 2 amide bonds. The summed E-state index contributed by atoms with van der Waals surface area (Å²) in [7, 11) is 0. The van der Waals surface area contributed by atoms with Crippen molar-refractivity contribution in [1.29, 1.82) is 0 Å². The van der Waals surface area contributed by atoms with Crippen LogP contribution in [0, 0.1) is 5.92 Å². The van der Waals surface area contributed by atoms with E-state index < -0.39 is 46.2 Å². The quantitative estimate of drug-likeness (QED) is 0.0205. The normalized spacial score (nSPS) is 14.9. The Balaban J connectivity index is 1.17. The molecule has 0 N–H and O–H groups in total. The summed E-state index contributed by atoms with van der Waals surface area (Å²) in [5.74, 6) is -1.25. The predicted octanol–water partition coefficient (Wildman–Crippen LogP) is 9.21. The number of unbranched alkanes of at least 4 members (excludes halogenated alkanes) is 6. The van der Waals surface area contributed by atoms with Gasteiger partial charge in [0.25, 0.3) is 5.91 Å². The Hall–Kier alpha value is -5.95. The van der Waals surface area contributed by atoms with Crippen molar-refractivity contribution in [2.24, 2.45) is 5.92 Å². The number of carbonyl (C=O) groups excluding carboxylic acids is 6. The number of thioether (sulfide) groups is 1. The highest BCUT2D eigenvalue weighted by atomic mass is 32.2. The van der Waals surface area contributed by atoms with E-state index in [1.54, 1.807) is 36.4 Å². The van der Waals surface area contributed by atoms with Crippen molar-refractivity contribution < 1.29 is 52.5 Å². The molecule has 1 heterocycles. The molecule has 0 radical (unpaired) electrons. The van der Waals surface area contributed by atoms with Crippen molar-refractivity contribution in [3.05, 3.63) is 109 Å². The van der Waals surface area contributed by atoms with Crippen molar-refractivity contribution in [2.75, 3.05) is 33.0 Å². The lowest BCUT2D eigenvalue weighted by Gasteiger charge is -2.16. The Kier molecular flexibility index (Phi) is 18.1. The average molecular weight is 866 g/mol. The molecular weight excluding hydrogens is 811 g/mol. The number of rotatable bonds is 25. The summed E-state index contributed by atoms with van der Waals surface area (Å²) < 4.78 is 27.7. The SMILES string of the molecule is C=CC(=O)OCCCCCCOc1ccc2cc(C(=O)O[C@H]3C(=O)N(CCC(C)C)C(=O)C3SC(=O)c3ccc4cc(OCCCCCCOC(=O)C=C)ccc4c3)ccc2c1. The van der Waals surface area contributed by atoms with Gasteiger partial charge >= 0.3 is 17.9 Å². The number of hydrogen-bond donors (Lipinski definition) is 0. The van der Waals surface area contributed by atoms with Crippen molar-refractivity contribution in [3.63, 3.8) is 0 Å². The van der Waals surface area contributed by atoms with Crippen molar-refractivity contribution >= 4 is 68.1 Å². The van der Waals surface area contributed by atoms with Gasteiger partial charge in [-0.2, -0.15) is 0 Å². The summed E-state index contributed by atoms with van der Waals surface area (Å²) >= 11 is 0.692. The summed E-state index contributed by atoms with van der Waals surface area (Å²) in [6.45, 7) is 12.7. The van der Waals surface area contributed by atoms with Crippen LogP contribution in [0.4, 0.5) is 0 Å². The van der Waals surface area contributed by atoms with Crippen molar-refractivity contribution in [3.8, 4) is 11.5 Å². The van der Waals surface area contributed by atoms with Crippen LogP contribution in [0.15, 0.2) is 98.1 Å². The van der Waals surface area contributed by atoms with E-state index in [1.807, 2.05) is 50.2 Å². The molecule has 62 heavy (non-hydrogen) atoms. The molecule has 1 aliphatic heterocycles. The molecular formula is C49H55NO11S. The van der Waals surface area contributed by atoms with Crippen LogP contribution in [-0.4, -0.2) is 84.1 Å². The summed E-state index contributed by atoms with van der Waals surface area (Å²) in [4.78, 5) is 78.2. The topological polar surface area (TPSA) is 152 Å². The molecule has 328 valence electrons. The third-order valence-electron chi connectivity index (χ3n) is 10.2. The summed E-state index contributed by atoms with van der Waals surface area (Å²) in [6.07, 6.45) is 8.26. The van der Waals surface area contributed by atoms with Crippen LogP contribution in [-0.2, 0) is 33.4 Å². The second kappa shape index (κ2) is 23.9. The van der Waals surface area contributed by atoms with Gasteiger partial charge < -0.3 is 23.7 Å². The van der Waals surface area contributed by atoms with Gasteiger partial charge in [0.15, 0.2) is 0 Å². The number of imide groups is 1. The monoisotopic (exact) mass is 865 g/mol. The van der Waals surface area contributed by atoms with Crippen molar-refractivity contribution in [2.45, 2.75) is 83.0 Å². The zero-order valence-electron chi connectivity index (χ0n) is 35.5. The summed E-state index contributed by atoms with van der Waals surface area (Å²) in [6, 6.07) is 21.3. The molecule has 0 spiro atoms. The second-order valence-corrected chi connectivity index (χ2v) is 16.5.